The monoisotopic (exact) mass is 451 g/mol. The molecule has 4 rings (SSSR count). The third-order valence-corrected chi connectivity index (χ3v) is 6.70. The van der Waals surface area contributed by atoms with Gasteiger partial charge in [-0.15, -0.1) is 11.3 Å². The summed E-state index contributed by atoms with van der Waals surface area (Å²) in [5, 5.41) is 2.63. The average molecular weight is 452 g/mol. The molecular weight excluding hydrogens is 425 g/mol. The van der Waals surface area contributed by atoms with Gasteiger partial charge >= 0.3 is 0 Å². The van der Waals surface area contributed by atoms with Crippen LogP contribution in [0.4, 0.5) is 10.1 Å². The summed E-state index contributed by atoms with van der Waals surface area (Å²) >= 11 is 1.47. The minimum Gasteiger partial charge on any atom is -0.366 e. The number of hydrogen-bond donors (Lipinski definition) is 0. The number of anilines is 1. The lowest BCUT2D eigenvalue weighted by molar-refractivity contribution is 0.0741. The molecule has 0 aliphatic carbocycles. The molecule has 0 spiro atoms. The number of rotatable bonds is 5. The molecule has 0 atom stereocenters. The lowest BCUT2D eigenvalue weighted by Crippen LogP contribution is -2.49. The number of benzene rings is 2. The molecule has 0 unspecified atom stereocenters. The second-order valence-electron chi connectivity index (χ2n) is 8.32. The van der Waals surface area contributed by atoms with Crippen molar-refractivity contribution >= 4 is 28.7 Å². The molecule has 1 aromatic heterocycles. The maximum absolute atomic E-state index is 14.5. The molecule has 1 fully saturated rings. The Morgan fingerprint density at radius 3 is 2.31 bits per heavy atom. The maximum atomic E-state index is 14.5. The van der Waals surface area contributed by atoms with E-state index in [0.29, 0.717) is 49.0 Å². The van der Waals surface area contributed by atoms with Gasteiger partial charge in [-0.2, -0.15) is 0 Å². The van der Waals surface area contributed by atoms with Crippen LogP contribution in [0.15, 0.2) is 47.8 Å². The summed E-state index contributed by atoms with van der Waals surface area (Å²) in [5.41, 5.74) is 3.55. The van der Waals surface area contributed by atoms with Gasteiger partial charge in [0.25, 0.3) is 5.91 Å². The first-order valence-electron chi connectivity index (χ1n) is 10.7. The number of carbonyl (C=O) groups excluding carboxylic acids is 2. The van der Waals surface area contributed by atoms with Gasteiger partial charge in [0, 0.05) is 42.7 Å². The van der Waals surface area contributed by atoms with Crippen molar-refractivity contribution in [2.45, 2.75) is 26.7 Å². The summed E-state index contributed by atoms with van der Waals surface area (Å²) in [6.45, 7) is 7.76. The normalized spacial score (nSPS) is 14.2. The van der Waals surface area contributed by atoms with Crippen LogP contribution in [-0.4, -0.2) is 47.8 Å². The highest BCUT2D eigenvalue weighted by atomic mass is 32.1. The largest absolute Gasteiger partial charge is 0.366 e. The van der Waals surface area contributed by atoms with Gasteiger partial charge in [0.1, 0.15) is 16.5 Å². The van der Waals surface area contributed by atoms with E-state index in [1.807, 2.05) is 17.0 Å². The minimum absolute atomic E-state index is 0.0987. The van der Waals surface area contributed by atoms with E-state index in [1.165, 1.54) is 29.9 Å². The van der Waals surface area contributed by atoms with Gasteiger partial charge in [-0.1, -0.05) is 38.1 Å². The smallest absolute Gasteiger partial charge is 0.273 e. The Morgan fingerprint density at radius 2 is 1.72 bits per heavy atom. The topological polar surface area (TPSA) is 53.5 Å². The fourth-order valence-corrected chi connectivity index (χ4v) is 4.61. The van der Waals surface area contributed by atoms with E-state index in [4.69, 9.17) is 0 Å². The number of halogens is 1. The Kier molecular flexibility index (Phi) is 6.37. The quantitative estimate of drug-likeness (QED) is 0.498. The maximum Gasteiger partial charge on any atom is 0.273 e. The van der Waals surface area contributed by atoms with Gasteiger partial charge < -0.3 is 9.80 Å². The first kappa shape index (κ1) is 22.1. The van der Waals surface area contributed by atoms with E-state index in [2.05, 4.69) is 31.0 Å². The third kappa shape index (κ3) is 4.58. The molecule has 0 saturated carbocycles. The molecule has 166 valence electrons. The molecule has 0 bridgehead atoms. The fourth-order valence-electron chi connectivity index (χ4n) is 3.81. The van der Waals surface area contributed by atoms with Crippen molar-refractivity contribution in [2.24, 2.45) is 0 Å². The van der Waals surface area contributed by atoms with E-state index < -0.39 is 5.82 Å². The fraction of sp³-hybridized carbons (Fsp3) is 0.320. The van der Waals surface area contributed by atoms with Crippen molar-refractivity contribution in [1.82, 2.24) is 9.88 Å². The first-order valence-corrected chi connectivity index (χ1v) is 11.6. The van der Waals surface area contributed by atoms with Gasteiger partial charge in [0.05, 0.1) is 5.69 Å². The molecule has 2 aromatic carbocycles. The molecule has 2 heterocycles. The molecule has 1 saturated heterocycles. The van der Waals surface area contributed by atoms with Crippen LogP contribution in [-0.2, 0) is 0 Å². The molecule has 32 heavy (non-hydrogen) atoms. The van der Waals surface area contributed by atoms with Crippen LogP contribution in [0.5, 0.6) is 0 Å². The molecule has 1 aliphatic heterocycles. The van der Waals surface area contributed by atoms with Crippen LogP contribution < -0.4 is 4.90 Å². The molecule has 7 heteroatoms. The van der Waals surface area contributed by atoms with Crippen molar-refractivity contribution in [1.29, 1.82) is 0 Å². The van der Waals surface area contributed by atoms with Crippen molar-refractivity contribution in [3.8, 4) is 10.6 Å². The Hall–Kier alpha value is -3.06. The number of nitrogens with zero attached hydrogens (tertiary/aromatic N) is 3. The third-order valence-electron chi connectivity index (χ3n) is 5.81. The molecule has 3 aromatic rings. The SMILES string of the molecule is CC(=O)c1ccc(N2CCN(C(=O)c3csc(-c4ccc(C(C)C)cc4)n3)CC2)c(F)c1. The van der Waals surface area contributed by atoms with Gasteiger partial charge in [-0.05, 0) is 36.6 Å². The van der Waals surface area contributed by atoms with Crippen LogP contribution in [0.25, 0.3) is 10.6 Å². The summed E-state index contributed by atoms with van der Waals surface area (Å²) in [4.78, 5) is 32.6. The number of carbonyl (C=O) groups is 2. The number of aromatic nitrogens is 1. The summed E-state index contributed by atoms with van der Waals surface area (Å²) in [7, 11) is 0. The number of piperazine rings is 1. The number of Topliss-reactive ketones (excluding diaryl/α,β-unsaturated/α-hetero) is 1. The molecule has 0 N–H and O–H groups in total. The lowest BCUT2D eigenvalue weighted by atomic mass is 10.0. The van der Waals surface area contributed by atoms with Gasteiger partial charge in [0.15, 0.2) is 5.78 Å². The van der Waals surface area contributed by atoms with E-state index >= 15 is 0 Å². The van der Waals surface area contributed by atoms with Crippen molar-refractivity contribution in [2.75, 3.05) is 31.1 Å². The highest BCUT2D eigenvalue weighted by Gasteiger charge is 2.25. The summed E-state index contributed by atoms with van der Waals surface area (Å²) in [6.07, 6.45) is 0. The van der Waals surface area contributed by atoms with E-state index in [0.717, 1.165) is 10.6 Å². The summed E-state index contributed by atoms with van der Waals surface area (Å²) < 4.78 is 14.5. The zero-order chi connectivity index (χ0) is 22.8. The van der Waals surface area contributed by atoms with Crippen molar-refractivity contribution in [3.05, 3.63) is 70.5 Å². The molecule has 1 aliphatic rings. The van der Waals surface area contributed by atoms with Crippen LogP contribution in [0.2, 0.25) is 0 Å². The van der Waals surface area contributed by atoms with Gasteiger partial charge in [0.2, 0.25) is 0 Å². The molecule has 5 nitrogen and oxygen atoms in total. The number of amides is 1. The van der Waals surface area contributed by atoms with Crippen LogP contribution in [0.3, 0.4) is 0 Å². The lowest BCUT2D eigenvalue weighted by Gasteiger charge is -2.36. The minimum atomic E-state index is -0.412. The highest BCUT2D eigenvalue weighted by Crippen LogP contribution is 2.27. The van der Waals surface area contributed by atoms with Gasteiger partial charge in [-0.3, -0.25) is 9.59 Å². The van der Waals surface area contributed by atoms with Crippen LogP contribution in [0.1, 0.15) is 53.1 Å². The predicted molar refractivity (Wildman–Crippen MR) is 126 cm³/mol. The summed E-state index contributed by atoms with van der Waals surface area (Å²) in [5.74, 6) is -0.204. The Morgan fingerprint density at radius 1 is 1.03 bits per heavy atom. The Labute approximate surface area is 191 Å². The first-order chi connectivity index (χ1) is 15.3. The predicted octanol–water partition coefficient (Wildman–Crippen LogP) is 5.24. The second kappa shape index (κ2) is 9.20. The highest BCUT2D eigenvalue weighted by molar-refractivity contribution is 7.13. The second-order valence-corrected chi connectivity index (χ2v) is 9.17. The van der Waals surface area contributed by atoms with E-state index in [9.17, 15) is 14.0 Å². The van der Waals surface area contributed by atoms with Crippen LogP contribution >= 0.6 is 11.3 Å². The Bertz CT molecular complexity index is 1130. The van der Waals surface area contributed by atoms with Crippen LogP contribution in [0, 0.1) is 5.82 Å². The Balaban J connectivity index is 1.40. The number of hydrogen-bond acceptors (Lipinski definition) is 5. The number of ketones is 1. The molecule has 0 radical (unpaired) electrons. The van der Waals surface area contributed by atoms with E-state index in [-0.39, 0.29) is 11.7 Å². The van der Waals surface area contributed by atoms with Gasteiger partial charge in [-0.25, -0.2) is 9.37 Å². The zero-order valence-corrected chi connectivity index (χ0v) is 19.3. The molecular formula is C25H26FN3O2S. The zero-order valence-electron chi connectivity index (χ0n) is 18.5. The number of thiazole rings is 1. The van der Waals surface area contributed by atoms with E-state index in [1.54, 1.807) is 22.4 Å². The average Bonchev–Trinajstić information content (AvgIpc) is 3.29. The molecule has 1 amide bonds. The standard InChI is InChI=1S/C25H26FN3O2S/c1-16(2)18-4-6-19(7-5-18)24-27-22(15-32-24)25(31)29-12-10-28(11-13-29)23-9-8-20(17(3)30)14-21(23)26/h4-9,14-16H,10-13H2,1-3H3. The summed E-state index contributed by atoms with van der Waals surface area (Å²) in [6, 6.07) is 12.9. The van der Waals surface area contributed by atoms with Crippen molar-refractivity contribution < 1.29 is 14.0 Å². The van der Waals surface area contributed by atoms with Crippen molar-refractivity contribution in [3.63, 3.8) is 0 Å².